The molecule has 2 N–H and O–H groups in total. The van der Waals surface area contributed by atoms with Crippen molar-refractivity contribution in [2.75, 3.05) is 51.5 Å². The summed E-state index contributed by atoms with van der Waals surface area (Å²) < 4.78 is 5.41. The number of anilines is 2. The molecular weight excluding hydrogens is 232 g/mol. The number of nitrogens with zero attached hydrogens (tertiary/aromatic N) is 4. The van der Waals surface area contributed by atoms with Crippen molar-refractivity contribution >= 4 is 11.9 Å². The number of rotatable bonds is 8. The Bertz CT molecular complexity index is 357. The van der Waals surface area contributed by atoms with Gasteiger partial charge in [0.15, 0.2) is 0 Å². The van der Waals surface area contributed by atoms with Gasteiger partial charge in [-0.15, -0.1) is 0 Å². The summed E-state index contributed by atoms with van der Waals surface area (Å²) in [6, 6.07) is 0.351. The fourth-order valence-electron chi connectivity index (χ4n) is 1.20. The molecule has 0 atom stereocenters. The molecule has 0 spiro atoms. The van der Waals surface area contributed by atoms with Crippen molar-refractivity contribution in [3.05, 3.63) is 0 Å². The fraction of sp³-hybridized carbons (Fsp3) is 0.727. The van der Waals surface area contributed by atoms with Crippen molar-refractivity contribution in [3.8, 4) is 6.01 Å². The summed E-state index contributed by atoms with van der Waals surface area (Å²) in [6.45, 7) is 4.32. The molecule has 1 aromatic rings. The van der Waals surface area contributed by atoms with Crippen LogP contribution in [0, 0.1) is 0 Å². The molecule has 0 bridgehead atoms. The highest BCUT2D eigenvalue weighted by molar-refractivity contribution is 5.35. The second-order valence-corrected chi connectivity index (χ2v) is 4.09. The third-order valence-corrected chi connectivity index (χ3v) is 2.12. The molecule has 0 aliphatic carbocycles. The molecule has 0 aromatic carbocycles. The van der Waals surface area contributed by atoms with E-state index in [1.807, 2.05) is 21.0 Å². The minimum atomic E-state index is 0.351. The van der Waals surface area contributed by atoms with Crippen LogP contribution in [-0.4, -0.2) is 60.7 Å². The zero-order valence-corrected chi connectivity index (χ0v) is 11.5. The Morgan fingerprint density at radius 1 is 1.17 bits per heavy atom. The van der Waals surface area contributed by atoms with Crippen molar-refractivity contribution in [2.24, 2.45) is 0 Å². The Morgan fingerprint density at radius 2 is 1.89 bits per heavy atom. The quantitative estimate of drug-likeness (QED) is 0.706. The zero-order valence-electron chi connectivity index (χ0n) is 11.5. The Balaban J connectivity index is 2.64. The van der Waals surface area contributed by atoms with Gasteiger partial charge in [-0.2, -0.15) is 15.0 Å². The molecule has 7 heteroatoms. The third-order valence-electron chi connectivity index (χ3n) is 2.12. The van der Waals surface area contributed by atoms with Gasteiger partial charge in [0.25, 0.3) is 0 Å². The number of likely N-dealkylation sites (N-methyl/N-ethyl adjacent to an activating group) is 1. The maximum absolute atomic E-state index is 5.41. The monoisotopic (exact) mass is 254 g/mol. The predicted molar refractivity (Wildman–Crippen MR) is 72.2 cm³/mol. The van der Waals surface area contributed by atoms with E-state index in [9.17, 15) is 0 Å². The van der Waals surface area contributed by atoms with E-state index in [1.54, 1.807) is 7.05 Å². The van der Waals surface area contributed by atoms with Crippen molar-refractivity contribution in [2.45, 2.75) is 13.3 Å². The SMILES string of the molecule is CCCOc1nc(NC)nc(NCCN(C)C)n1. The molecule has 0 aliphatic rings. The molecule has 0 saturated carbocycles. The van der Waals surface area contributed by atoms with E-state index in [0.29, 0.717) is 24.5 Å². The standard InChI is InChI=1S/C11H22N6O/c1-5-8-18-11-15-9(12-2)14-10(16-11)13-6-7-17(3)4/h5-8H2,1-4H3,(H2,12,13,14,15,16). The van der Waals surface area contributed by atoms with Crippen LogP contribution in [0.25, 0.3) is 0 Å². The van der Waals surface area contributed by atoms with Gasteiger partial charge in [0, 0.05) is 20.1 Å². The van der Waals surface area contributed by atoms with Crippen LogP contribution in [0.5, 0.6) is 6.01 Å². The summed E-state index contributed by atoms with van der Waals surface area (Å²) in [5.41, 5.74) is 0. The van der Waals surface area contributed by atoms with Gasteiger partial charge in [0.1, 0.15) is 0 Å². The van der Waals surface area contributed by atoms with Gasteiger partial charge in [0.05, 0.1) is 6.61 Å². The van der Waals surface area contributed by atoms with Crippen LogP contribution >= 0.6 is 0 Å². The van der Waals surface area contributed by atoms with Gasteiger partial charge in [-0.3, -0.25) is 0 Å². The number of hydrogen-bond acceptors (Lipinski definition) is 7. The van der Waals surface area contributed by atoms with Gasteiger partial charge >= 0.3 is 6.01 Å². The lowest BCUT2D eigenvalue weighted by molar-refractivity contribution is 0.292. The van der Waals surface area contributed by atoms with Crippen molar-refractivity contribution in [1.29, 1.82) is 0 Å². The summed E-state index contributed by atoms with van der Waals surface area (Å²) in [5.74, 6) is 1.03. The summed E-state index contributed by atoms with van der Waals surface area (Å²) in [5, 5.41) is 6.03. The van der Waals surface area contributed by atoms with Gasteiger partial charge in [0.2, 0.25) is 11.9 Å². The first kappa shape index (κ1) is 14.4. The van der Waals surface area contributed by atoms with Gasteiger partial charge in [-0.05, 0) is 20.5 Å². The van der Waals surface area contributed by atoms with E-state index in [1.165, 1.54) is 0 Å². The highest BCUT2D eigenvalue weighted by atomic mass is 16.5. The van der Waals surface area contributed by atoms with Crippen molar-refractivity contribution < 1.29 is 4.74 Å². The van der Waals surface area contributed by atoms with E-state index < -0.39 is 0 Å². The molecule has 0 aliphatic heterocycles. The smallest absolute Gasteiger partial charge is 0.323 e. The number of hydrogen-bond donors (Lipinski definition) is 2. The van der Waals surface area contributed by atoms with E-state index >= 15 is 0 Å². The lowest BCUT2D eigenvalue weighted by Crippen LogP contribution is -2.22. The van der Waals surface area contributed by atoms with Crippen LogP contribution in [0.3, 0.4) is 0 Å². The Labute approximate surface area is 108 Å². The van der Waals surface area contributed by atoms with Gasteiger partial charge < -0.3 is 20.3 Å². The third kappa shape index (κ3) is 5.13. The first-order chi connectivity index (χ1) is 8.65. The summed E-state index contributed by atoms with van der Waals surface area (Å²) in [6.07, 6.45) is 0.921. The zero-order chi connectivity index (χ0) is 13.4. The second-order valence-electron chi connectivity index (χ2n) is 4.09. The Hall–Kier alpha value is -1.63. The fourth-order valence-corrected chi connectivity index (χ4v) is 1.20. The molecule has 1 rings (SSSR count). The van der Waals surface area contributed by atoms with Gasteiger partial charge in [-0.25, -0.2) is 0 Å². The maximum atomic E-state index is 5.41. The number of nitrogens with one attached hydrogen (secondary N) is 2. The number of ether oxygens (including phenoxy) is 1. The van der Waals surface area contributed by atoms with Crippen LogP contribution < -0.4 is 15.4 Å². The molecule has 0 saturated heterocycles. The van der Waals surface area contributed by atoms with E-state index in [2.05, 4.69) is 30.5 Å². The molecule has 102 valence electrons. The molecule has 0 unspecified atom stereocenters. The minimum absolute atomic E-state index is 0.351. The highest BCUT2D eigenvalue weighted by Gasteiger charge is 2.06. The van der Waals surface area contributed by atoms with E-state index in [4.69, 9.17) is 4.74 Å². The molecule has 18 heavy (non-hydrogen) atoms. The molecule has 1 heterocycles. The average Bonchev–Trinajstić information content (AvgIpc) is 2.35. The normalized spacial score (nSPS) is 10.5. The maximum Gasteiger partial charge on any atom is 0.323 e. The molecule has 1 aromatic heterocycles. The topological polar surface area (TPSA) is 75.2 Å². The van der Waals surface area contributed by atoms with Crippen LogP contribution in [0.4, 0.5) is 11.9 Å². The Kier molecular flexibility index (Phi) is 6.13. The predicted octanol–water partition coefficient (Wildman–Crippen LogP) is 0.676. The van der Waals surface area contributed by atoms with Crippen LogP contribution in [0.2, 0.25) is 0 Å². The summed E-state index contributed by atoms with van der Waals surface area (Å²) >= 11 is 0. The molecular formula is C11H22N6O. The lowest BCUT2D eigenvalue weighted by atomic mass is 10.5. The van der Waals surface area contributed by atoms with E-state index in [0.717, 1.165) is 19.5 Å². The summed E-state index contributed by atoms with van der Waals surface area (Å²) in [7, 11) is 5.80. The number of aromatic nitrogens is 3. The largest absolute Gasteiger partial charge is 0.463 e. The van der Waals surface area contributed by atoms with Crippen molar-refractivity contribution in [3.63, 3.8) is 0 Å². The molecule has 0 radical (unpaired) electrons. The Morgan fingerprint density at radius 3 is 2.50 bits per heavy atom. The second kappa shape index (κ2) is 7.65. The molecule has 0 fully saturated rings. The van der Waals surface area contributed by atoms with Crippen LogP contribution in [0.1, 0.15) is 13.3 Å². The van der Waals surface area contributed by atoms with E-state index in [-0.39, 0.29) is 0 Å². The lowest BCUT2D eigenvalue weighted by Gasteiger charge is -2.11. The van der Waals surface area contributed by atoms with Crippen LogP contribution in [0.15, 0.2) is 0 Å². The summed E-state index contributed by atoms with van der Waals surface area (Å²) in [4.78, 5) is 14.6. The highest BCUT2D eigenvalue weighted by Crippen LogP contribution is 2.10. The molecule has 0 amide bonds. The van der Waals surface area contributed by atoms with Gasteiger partial charge in [-0.1, -0.05) is 6.92 Å². The molecule has 7 nitrogen and oxygen atoms in total. The van der Waals surface area contributed by atoms with Crippen LogP contribution in [-0.2, 0) is 0 Å². The van der Waals surface area contributed by atoms with Crippen molar-refractivity contribution in [1.82, 2.24) is 19.9 Å². The first-order valence-electron chi connectivity index (χ1n) is 6.11. The first-order valence-corrected chi connectivity index (χ1v) is 6.11. The minimum Gasteiger partial charge on any atom is -0.463 e. The average molecular weight is 254 g/mol.